The van der Waals surface area contributed by atoms with Crippen LogP contribution in [0.25, 0.3) is 0 Å². The average molecular weight is 691 g/mol. The van der Waals surface area contributed by atoms with Gasteiger partial charge in [0.25, 0.3) is 0 Å². The molecule has 1 N–H and O–H groups in total. The number of hydrogen-bond donors (Lipinski definition) is 1. The van der Waals surface area contributed by atoms with Crippen LogP contribution in [-0.4, -0.2) is 94.9 Å². The average Bonchev–Trinajstić information content (AvgIpc) is 3.74. The third-order valence-electron chi connectivity index (χ3n) is 9.46. The molecular weight excluding hydrogens is 652 g/mol. The second-order valence-electron chi connectivity index (χ2n) is 13.2. The van der Waals surface area contributed by atoms with E-state index in [9.17, 15) is 33.9 Å². The van der Waals surface area contributed by atoms with Gasteiger partial charge in [0, 0.05) is 34.1 Å². The van der Waals surface area contributed by atoms with Gasteiger partial charge in [-0.1, -0.05) is 0 Å². The summed E-state index contributed by atoms with van der Waals surface area (Å²) in [6.07, 6.45) is -4.11. The Morgan fingerprint density at radius 3 is 1.76 bits per heavy atom. The van der Waals surface area contributed by atoms with Crippen LogP contribution in [0.4, 0.5) is 0 Å². The molecule has 3 fully saturated rings. The highest BCUT2D eigenvalue weighted by Gasteiger charge is 2.89. The number of carbonyl (C=O) groups is 6. The van der Waals surface area contributed by atoms with E-state index in [1.165, 1.54) is 31.6 Å². The van der Waals surface area contributed by atoms with Crippen molar-refractivity contribution in [2.45, 2.75) is 102 Å². The van der Waals surface area contributed by atoms with Gasteiger partial charge in [-0.2, -0.15) is 0 Å². The molecule has 2 saturated carbocycles. The quantitative estimate of drug-likeness (QED) is 0.295. The van der Waals surface area contributed by atoms with Crippen molar-refractivity contribution in [3.05, 3.63) is 48.3 Å². The van der Waals surface area contributed by atoms with Gasteiger partial charge in [0.05, 0.1) is 40.8 Å². The second-order valence-corrected chi connectivity index (χ2v) is 13.2. The van der Waals surface area contributed by atoms with Crippen molar-refractivity contribution in [1.29, 1.82) is 0 Å². The van der Waals surface area contributed by atoms with Gasteiger partial charge in [-0.05, 0) is 32.9 Å². The van der Waals surface area contributed by atoms with Crippen LogP contribution >= 0.6 is 0 Å². The van der Waals surface area contributed by atoms with Crippen LogP contribution in [0.5, 0.6) is 0 Å². The van der Waals surface area contributed by atoms with E-state index in [-0.39, 0.29) is 11.1 Å². The lowest BCUT2D eigenvalue weighted by Gasteiger charge is -2.66. The fraction of sp³-hybridized carbons (Fsp3) is 0.576. The Morgan fingerprint density at radius 1 is 0.735 bits per heavy atom. The molecule has 0 aromatic carbocycles. The fourth-order valence-electron chi connectivity index (χ4n) is 8.00. The zero-order chi connectivity index (χ0) is 36.1. The molecule has 1 aliphatic heterocycles. The maximum absolute atomic E-state index is 13.9. The van der Waals surface area contributed by atoms with E-state index in [1.807, 2.05) is 0 Å². The minimum Gasteiger partial charge on any atom is -0.472 e. The Labute approximate surface area is 280 Å². The van der Waals surface area contributed by atoms with E-state index in [0.29, 0.717) is 0 Å². The first-order valence-corrected chi connectivity index (χ1v) is 15.4. The third kappa shape index (κ3) is 5.86. The van der Waals surface area contributed by atoms with Crippen LogP contribution in [0.3, 0.4) is 0 Å². The molecule has 49 heavy (non-hydrogen) atoms. The molecule has 0 unspecified atom stereocenters. The van der Waals surface area contributed by atoms with Crippen molar-refractivity contribution in [3.63, 3.8) is 0 Å². The van der Waals surface area contributed by atoms with Crippen LogP contribution < -0.4 is 0 Å². The first-order chi connectivity index (χ1) is 22.9. The van der Waals surface area contributed by atoms with Crippen LogP contribution in [0, 0.1) is 11.3 Å². The molecule has 16 heteroatoms. The standard InChI is InChI=1S/C33H38O16/c1-16(34)43-15-32-25(45-18(3)36)22(44-17(2)35)12-31(7,40)33(32)26(46-19(4)37)23(30(5,6)49-33)24(47-28(38)20-8-10-41-13-20)27(32)48-29(39)21-9-11-42-14-21/h8-11,13-14,22-27,40H,12,15H2,1-7H3/t22-,23+,24+,25-,26+,27-,31-,32-,33-/m0/s1. The van der Waals surface area contributed by atoms with Crippen molar-refractivity contribution >= 4 is 35.8 Å². The highest BCUT2D eigenvalue weighted by molar-refractivity contribution is 5.90. The van der Waals surface area contributed by atoms with Crippen molar-refractivity contribution in [3.8, 4) is 0 Å². The van der Waals surface area contributed by atoms with Gasteiger partial charge in [-0.3, -0.25) is 19.2 Å². The van der Waals surface area contributed by atoms with E-state index in [4.69, 9.17) is 42.0 Å². The molecule has 0 radical (unpaired) electrons. The molecule has 2 bridgehead atoms. The minimum absolute atomic E-state index is 0.0449. The topological polar surface area (TPSA) is 214 Å². The smallest absolute Gasteiger partial charge is 0.341 e. The number of esters is 6. The zero-order valence-corrected chi connectivity index (χ0v) is 27.9. The molecule has 3 heterocycles. The highest BCUT2D eigenvalue weighted by Crippen LogP contribution is 2.69. The SMILES string of the molecule is CC(=O)OC[C@]12[C@@H](OC(=O)c3ccoc3)[C@H](OC(=O)c3ccoc3)[C@@H]3[C@@H](OC(C)=O)[C@]1(OC3(C)C)[C@@](C)(O)C[C@H](OC(C)=O)[C@@H]2OC(C)=O. The molecule has 5 rings (SSSR count). The van der Waals surface area contributed by atoms with Crippen molar-refractivity contribution in [2.75, 3.05) is 6.61 Å². The number of furan rings is 2. The summed E-state index contributed by atoms with van der Waals surface area (Å²) in [6, 6.07) is 2.62. The van der Waals surface area contributed by atoms with Gasteiger partial charge in [-0.15, -0.1) is 0 Å². The lowest BCUT2D eigenvalue weighted by atomic mass is 9.45. The first kappa shape index (κ1) is 35.6. The highest BCUT2D eigenvalue weighted by atomic mass is 16.7. The van der Waals surface area contributed by atoms with Crippen LogP contribution in [0.2, 0.25) is 0 Å². The molecule has 9 atom stereocenters. The third-order valence-corrected chi connectivity index (χ3v) is 9.46. The van der Waals surface area contributed by atoms with E-state index in [1.54, 1.807) is 13.8 Å². The van der Waals surface area contributed by atoms with E-state index in [2.05, 4.69) is 0 Å². The predicted octanol–water partition coefficient (Wildman–Crippen LogP) is 2.30. The van der Waals surface area contributed by atoms with Crippen LogP contribution in [0.15, 0.2) is 46.0 Å². The maximum Gasteiger partial charge on any atom is 0.341 e. The van der Waals surface area contributed by atoms with E-state index < -0.39 is 107 Å². The maximum atomic E-state index is 13.9. The number of hydrogen-bond acceptors (Lipinski definition) is 16. The summed E-state index contributed by atoms with van der Waals surface area (Å²) in [5.74, 6) is -6.66. The molecule has 1 spiro atoms. The molecule has 0 amide bonds. The first-order valence-electron chi connectivity index (χ1n) is 15.4. The Kier molecular flexibility index (Phi) is 9.18. The number of carbonyl (C=O) groups excluding carboxylic acids is 6. The Hall–Kier alpha value is -4.70. The van der Waals surface area contributed by atoms with Gasteiger partial charge in [0.1, 0.15) is 42.9 Å². The largest absolute Gasteiger partial charge is 0.472 e. The number of aliphatic hydroxyl groups is 1. The Morgan fingerprint density at radius 2 is 1.27 bits per heavy atom. The summed E-state index contributed by atoms with van der Waals surface area (Å²) in [5.41, 5.74) is -8.43. The van der Waals surface area contributed by atoms with E-state index >= 15 is 0 Å². The van der Waals surface area contributed by atoms with Crippen molar-refractivity contribution in [1.82, 2.24) is 0 Å². The van der Waals surface area contributed by atoms with Crippen molar-refractivity contribution < 1.29 is 75.9 Å². The molecule has 1 saturated heterocycles. The molecule has 266 valence electrons. The summed E-state index contributed by atoms with van der Waals surface area (Å²) >= 11 is 0. The minimum atomic E-state index is -2.34. The van der Waals surface area contributed by atoms with Gasteiger partial charge >= 0.3 is 35.8 Å². The summed E-state index contributed by atoms with van der Waals surface area (Å²) in [6.45, 7) is 7.93. The molecular formula is C33H38O16. The van der Waals surface area contributed by atoms with Crippen LogP contribution in [-0.2, 0) is 52.3 Å². The van der Waals surface area contributed by atoms with Gasteiger partial charge in [0.2, 0.25) is 0 Å². The summed E-state index contributed by atoms with van der Waals surface area (Å²) in [4.78, 5) is 78.5. The number of rotatable bonds is 9. The summed E-state index contributed by atoms with van der Waals surface area (Å²) in [5, 5.41) is 12.6. The molecule has 2 aliphatic carbocycles. The van der Waals surface area contributed by atoms with E-state index in [0.717, 1.165) is 40.2 Å². The Bertz CT molecular complexity index is 1610. The van der Waals surface area contributed by atoms with Crippen LogP contribution in [0.1, 0.15) is 75.6 Å². The predicted molar refractivity (Wildman–Crippen MR) is 158 cm³/mol. The number of fused-ring (bicyclic) bond motifs is 1. The lowest BCUT2D eigenvalue weighted by molar-refractivity contribution is -0.362. The number of ether oxygens (including phenoxy) is 7. The fourth-order valence-corrected chi connectivity index (χ4v) is 8.00. The summed E-state index contributed by atoms with van der Waals surface area (Å²) in [7, 11) is 0. The Balaban J connectivity index is 1.90. The van der Waals surface area contributed by atoms with Gasteiger partial charge < -0.3 is 47.1 Å². The monoisotopic (exact) mass is 690 g/mol. The lowest BCUT2D eigenvalue weighted by Crippen LogP contribution is -2.85. The van der Waals surface area contributed by atoms with Gasteiger partial charge in [0.15, 0.2) is 17.8 Å². The van der Waals surface area contributed by atoms with Gasteiger partial charge in [-0.25, -0.2) is 9.59 Å². The second kappa shape index (κ2) is 12.6. The molecule has 16 nitrogen and oxygen atoms in total. The molecule has 3 aliphatic rings. The normalized spacial score (nSPS) is 34.1. The summed E-state index contributed by atoms with van der Waals surface area (Å²) < 4.78 is 52.4. The zero-order valence-electron chi connectivity index (χ0n) is 27.9. The van der Waals surface area contributed by atoms with Crippen molar-refractivity contribution in [2.24, 2.45) is 11.3 Å². The molecule has 2 aromatic rings. The molecule has 2 aromatic heterocycles.